The molecule has 0 radical (unpaired) electrons. The van der Waals surface area contributed by atoms with Crippen LogP contribution in [0.2, 0.25) is 0 Å². The number of rotatable bonds is 4. The molecule has 5 nitrogen and oxygen atoms in total. The van der Waals surface area contributed by atoms with E-state index < -0.39 is 0 Å². The topological polar surface area (TPSA) is 50.3 Å². The molecule has 5 heteroatoms. The molecule has 3 heterocycles. The van der Waals surface area contributed by atoms with Gasteiger partial charge in [0, 0.05) is 55.5 Å². The van der Waals surface area contributed by atoms with Crippen LogP contribution < -0.4 is 10.2 Å². The molecule has 1 saturated carbocycles. The predicted octanol–water partition coefficient (Wildman–Crippen LogP) is 3.50. The average molecular weight is 336 g/mol. The van der Waals surface area contributed by atoms with Gasteiger partial charge in [-0.25, -0.2) is 9.97 Å². The molecular formula is C20H24N4O. The van der Waals surface area contributed by atoms with Crippen molar-refractivity contribution in [2.24, 2.45) is 5.92 Å². The summed E-state index contributed by atoms with van der Waals surface area (Å²) in [5.41, 5.74) is 4.23. The van der Waals surface area contributed by atoms with E-state index in [-0.39, 0.29) is 5.41 Å². The van der Waals surface area contributed by atoms with Crippen LogP contribution in [0.1, 0.15) is 31.2 Å². The molecule has 0 amide bonds. The second-order valence-electron chi connectivity index (χ2n) is 7.65. The van der Waals surface area contributed by atoms with E-state index in [0.29, 0.717) is 5.95 Å². The molecule has 3 aliphatic rings. The fourth-order valence-electron chi connectivity index (χ4n) is 4.31. The van der Waals surface area contributed by atoms with E-state index in [1.54, 1.807) is 12.4 Å². The molecule has 1 saturated heterocycles. The third-order valence-corrected chi connectivity index (χ3v) is 5.85. The third-order valence-electron chi connectivity index (χ3n) is 5.85. The first-order valence-corrected chi connectivity index (χ1v) is 9.34. The van der Waals surface area contributed by atoms with E-state index >= 15 is 0 Å². The van der Waals surface area contributed by atoms with Gasteiger partial charge in [0.15, 0.2) is 0 Å². The van der Waals surface area contributed by atoms with Crippen LogP contribution in [0.4, 0.5) is 17.3 Å². The van der Waals surface area contributed by atoms with Gasteiger partial charge in [0.1, 0.15) is 0 Å². The van der Waals surface area contributed by atoms with E-state index in [2.05, 4.69) is 38.4 Å². The lowest BCUT2D eigenvalue weighted by molar-refractivity contribution is 0.0553. The number of benzene rings is 1. The van der Waals surface area contributed by atoms with Gasteiger partial charge < -0.3 is 15.0 Å². The molecular weight excluding hydrogens is 312 g/mol. The Morgan fingerprint density at radius 3 is 2.72 bits per heavy atom. The van der Waals surface area contributed by atoms with Gasteiger partial charge in [-0.3, -0.25) is 0 Å². The van der Waals surface area contributed by atoms with Gasteiger partial charge in [-0.1, -0.05) is 0 Å². The van der Waals surface area contributed by atoms with Crippen LogP contribution in [0.5, 0.6) is 0 Å². The predicted molar refractivity (Wildman–Crippen MR) is 98.4 cm³/mol. The van der Waals surface area contributed by atoms with Crippen LogP contribution >= 0.6 is 0 Å². The number of hydrogen-bond acceptors (Lipinski definition) is 5. The summed E-state index contributed by atoms with van der Waals surface area (Å²) in [6.45, 7) is 4.10. The van der Waals surface area contributed by atoms with Crippen LogP contribution in [0, 0.1) is 5.92 Å². The smallest absolute Gasteiger partial charge is 0.227 e. The summed E-state index contributed by atoms with van der Waals surface area (Å²) in [6, 6.07) is 8.60. The Morgan fingerprint density at radius 2 is 1.96 bits per heavy atom. The van der Waals surface area contributed by atoms with Crippen LogP contribution in [-0.4, -0.2) is 36.3 Å². The van der Waals surface area contributed by atoms with Gasteiger partial charge in [0.05, 0.1) is 0 Å². The van der Waals surface area contributed by atoms with Crippen molar-refractivity contribution in [3.63, 3.8) is 0 Å². The Kier molecular flexibility index (Phi) is 3.63. The number of anilines is 3. The Morgan fingerprint density at radius 1 is 1.16 bits per heavy atom. The SMILES string of the molecule is c1cnc(Nc2ccc3c(c2)C2(CCOCC2)CN3CC2CC2)nc1. The first-order chi connectivity index (χ1) is 12.3. The van der Waals surface area contributed by atoms with Crippen LogP contribution in [0.3, 0.4) is 0 Å². The van der Waals surface area contributed by atoms with Gasteiger partial charge in [0.25, 0.3) is 0 Å². The second-order valence-corrected chi connectivity index (χ2v) is 7.65. The summed E-state index contributed by atoms with van der Waals surface area (Å²) in [5.74, 6) is 1.55. The number of hydrogen-bond donors (Lipinski definition) is 1. The van der Waals surface area contributed by atoms with E-state index in [1.807, 2.05) is 6.07 Å². The van der Waals surface area contributed by atoms with Crippen molar-refractivity contribution < 1.29 is 4.74 Å². The highest BCUT2D eigenvalue weighted by Crippen LogP contribution is 2.49. The quantitative estimate of drug-likeness (QED) is 0.926. The normalized spacial score (nSPS) is 21.4. The molecule has 0 unspecified atom stereocenters. The highest BCUT2D eigenvalue weighted by atomic mass is 16.5. The van der Waals surface area contributed by atoms with Gasteiger partial charge in [0.2, 0.25) is 5.95 Å². The lowest BCUT2D eigenvalue weighted by atomic mass is 9.76. The lowest BCUT2D eigenvalue weighted by Crippen LogP contribution is -2.39. The van der Waals surface area contributed by atoms with Crippen LogP contribution in [0.25, 0.3) is 0 Å². The van der Waals surface area contributed by atoms with Gasteiger partial charge >= 0.3 is 0 Å². The molecule has 1 N–H and O–H groups in total. The van der Waals surface area contributed by atoms with Gasteiger partial charge in [-0.15, -0.1) is 0 Å². The van der Waals surface area contributed by atoms with Gasteiger partial charge in [-0.2, -0.15) is 0 Å². The van der Waals surface area contributed by atoms with Crippen molar-refractivity contribution in [3.05, 3.63) is 42.2 Å². The standard InChI is InChI=1S/C20H24N4O/c1-8-21-19(22-9-1)23-16-4-5-18-17(12-16)20(6-10-25-11-7-20)14-24(18)13-15-2-3-15/h1,4-5,8-9,12,15H,2-3,6-7,10-11,13-14H2,(H,21,22,23). The first-order valence-electron chi connectivity index (χ1n) is 9.34. The molecule has 1 spiro atoms. The molecule has 2 fully saturated rings. The van der Waals surface area contributed by atoms with Crippen molar-refractivity contribution in [2.45, 2.75) is 31.1 Å². The monoisotopic (exact) mass is 336 g/mol. The Hall–Kier alpha value is -2.14. The van der Waals surface area contributed by atoms with E-state index in [9.17, 15) is 0 Å². The average Bonchev–Trinajstić information content (AvgIpc) is 3.42. The van der Waals surface area contributed by atoms with Crippen molar-refractivity contribution in [1.82, 2.24) is 9.97 Å². The Bertz CT molecular complexity index is 754. The number of nitrogens with zero attached hydrogens (tertiary/aromatic N) is 3. The minimum absolute atomic E-state index is 0.248. The van der Waals surface area contributed by atoms with E-state index in [1.165, 1.54) is 30.6 Å². The maximum Gasteiger partial charge on any atom is 0.227 e. The molecule has 5 rings (SSSR count). The van der Waals surface area contributed by atoms with Crippen molar-refractivity contribution in [1.29, 1.82) is 0 Å². The fourth-order valence-corrected chi connectivity index (χ4v) is 4.31. The van der Waals surface area contributed by atoms with Gasteiger partial charge in [-0.05, 0) is 61.4 Å². The number of fused-ring (bicyclic) bond motifs is 2. The molecule has 1 aliphatic carbocycles. The fraction of sp³-hybridized carbons (Fsp3) is 0.500. The maximum absolute atomic E-state index is 5.67. The molecule has 25 heavy (non-hydrogen) atoms. The van der Waals surface area contributed by atoms with Crippen LogP contribution in [0.15, 0.2) is 36.7 Å². The minimum atomic E-state index is 0.248. The second kappa shape index (κ2) is 5.99. The Labute approximate surface area is 148 Å². The van der Waals surface area contributed by atoms with Crippen molar-refractivity contribution >= 4 is 17.3 Å². The maximum atomic E-state index is 5.67. The summed E-state index contributed by atoms with van der Waals surface area (Å²) >= 11 is 0. The number of nitrogens with one attached hydrogen (secondary N) is 1. The molecule has 1 aromatic heterocycles. The van der Waals surface area contributed by atoms with Crippen molar-refractivity contribution in [2.75, 3.05) is 36.5 Å². The molecule has 2 aliphatic heterocycles. The molecule has 2 aromatic rings. The van der Waals surface area contributed by atoms with Crippen molar-refractivity contribution in [3.8, 4) is 0 Å². The lowest BCUT2D eigenvalue weighted by Gasteiger charge is -2.34. The zero-order valence-corrected chi connectivity index (χ0v) is 14.4. The zero-order valence-electron chi connectivity index (χ0n) is 14.4. The summed E-state index contributed by atoms with van der Waals surface area (Å²) in [7, 11) is 0. The zero-order chi connectivity index (χ0) is 16.7. The summed E-state index contributed by atoms with van der Waals surface area (Å²) in [6.07, 6.45) is 8.55. The Balaban J connectivity index is 1.48. The van der Waals surface area contributed by atoms with E-state index in [0.717, 1.165) is 44.2 Å². The highest BCUT2D eigenvalue weighted by molar-refractivity contribution is 5.69. The largest absolute Gasteiger partial charge is 0.381 e. The summed E-state index contributed by atoms with van der Waals surface area (Å²) in [5, 5.41) is 3.35. The summed E-state index contributed by atoms with van der Waals surface area (Å²) in [4.78, 5) is 11.2. The number of aromatic nitrogens is 2. The van der Waals surface area contributed by atoms with Crippen LogP contribution in [-0.2, 0) is 10.2 Å². The summed E-state index contributed by atoms with van der Waals surface area (Å²) < 4.78 is 5.67. The molecule has 1 aromatic carbocycles. The number of ether oxygens (including phenoxy) is 1. The van der Waals surface area contributed by atoms with E-state index in [4.69, 9.17) is 4.74 Å². The molecule has 0 atom stereocenters. The first kappa shape index (κ1) is 15.1. The minimum Gasteiger partial charge on any atom is -0.381 e. The molecule has 0 bridgehead atoms. The third kappa shape index (κ3) is 2.86. The highest BCUT2D eigenvalue weighted by Gasteiger charge is 2.44. The molecule has 130 valence electrons.